The number of hydrogen-bond acceptors (Lipinski definition) is 3. The van der Waals surface area contributed by atoms with Crippen molar-refractivity contribution in [2.45, 2.75) is 25.7 Å². The van der Waals surface area contributed by atoms with Crippen LogP contribution in [-0.4, -0.2) is 21.3 Å². The summed E-state index contributed by atoms with van der Waals surface area (Å²) in [6, 6.07) is 6.23. The van der Waals surface area contributed by atoms with Crippen LogP contribution in [0.1, 0.15) is 29.5 Å². The zero-order chi connectivity index (χ0) is 13.2. The standard InChI is InChI=1S/C14H18O3S/c1-11(10-17-18(2,15)16)13-8-7-12-5-3-4-6-14(12)9-13/h7-9H,1,3-6,10H2,2H3. The van der Waals surface area contributed by atoms with Gasteiger partial charge in [-0.1, -0.05) is 24.8 Å². The van der Waals surface area contributed by atoms with E-state index in [4.69, 9.17) is 4.18 Å². The average Bonchev–Trinajstić information content (AvgIpc) is 2.34. The van der Waals surface area contributed by atoms with Gasteiger partial charge in [0.25, 0.3) is 10.1 Å². The Morgan fingerprint density at radius 2 is 1.94 bits per heavy atom. The number of aryl methyl sites for hydroxylation is 2. The molecular formula is C14H18O3S. The van der Waals surface area contributed by atoms with Crippen LogP contribution in [0.25, 0.3) is 5.57 Å². The third-order valence-corrected chi connectivity index (χ3v) is 3.75. The summed E-state index contributed by atoms with van der Waals surface area (Å²) in [7, 11) is -3.41. The SMILES string of the molecule is C=C(COS(C)(=O)=O)c1ccc2c(c1)CCCC2. The molecular weight excluding hydrogens is 248 g/mol. The van der Waals surface area contributed by atoms with Crippen LogP contribution in [0, 0.1) is 0 Å². The zero-order valence-corrected chi connectivity index (χ0v) is 11.4. The van der Waals surface area contributed by atoms with Crippen molar-refractivity contribution in [3.05, 3.63) is 41.5 Å². The van der Waals surface area contributed by atoms with E-state index in [0.29, 0.717) is 5.57 Å². The van der Waals surface area contributed by atoms with E-state index in [1.54, 1.807) is 0 Å². The summed E-state index contributed by atoms with van der Waals surface area (Å²) in [5.41, 5.74) is 4.44. The van der Waals surface area contributed by atoms with Crippen LogP contribution in [-0.2, 0) is 27.1 Å². The molecule has 18 heavy (non-hydrogen) atoms. The summed E-state index contributed by atoms with van der Waals surface area (Å²) in [6.45, 7) is 3.91. The van der Waals surface area contributed by atoms with Gasteiger partial charge in [-0.3, -0.25) is 4.18 Å². The summed E-state index contributed by atoms with van der Waals surface area (Å²) in [4.78, 5) is 0. The van der Waals surface area contributed by atoms with Crippen LogP contribution in [0.15, 0.2) is 24.8 Å². The molecule has 0 heterocycles. The highest BCUT2D eigenvalue weighted by Gasteiger charge is 2.11. The molecule has 0 amide bonds. The molecule has 3 nitrogen and oxygen atoms in total. The van der Waals surface area contributed by atoms with Gasteiger partial charge in [-0.2, -0.15) is 8.42 Å². The number of fused-ring (bicyclic) bond motifs is 1. The summed E-state index contributed by atoms with van der Waals surface area (Å²) in [6.07, 6.45) is 5.77. The van der Waals surface area contributed by atoms with Crippen molar-refractivity contribution >= 4 is 15.7 Å². The van der Waals surface area contributed by atoms with Gasteiger partial charge in [0.15, 0.2) is 0 Å². The van der Waals surface area contributed by atoms with E-state index in [0.717, 1.165) is 24.7 Å². The van der Waals surface area contributed by atoms with Crippen LogP contribution < -0.4 is 0 Å². The highest BCUT2D eigenvalue weighted by molar-refractivity contribution is 7.86. The molecule has 0 spiro atoms. The maximum absolute atomic E-state index is 10.9. The van der Waals surface area contributed by atoms with Crippen molar-refractivity contribution in [1.29, 1.82) is 0 Å². The van der Waals surface area contributed by atoms with Crippen molar-refractivity contribution < 1.29 is 12.6 Å². The number of rotatable bonds is 4. The Labute approximate surface area is 109 Å². The van der Waals surface area contributed by atoms with E-state index < -0.39 is 10.1 Å². The first-order valence-corrected chi connectivity index (χ1v) is 7.92. The molecule has 0 aromatic heterocycles. The van der Waals surface area contributed by atoms with Crippen LogP contribution in [0.2, 0.25) is 0 Å². The van der Waals surface area contributed by atoms with Gasteiger partial charge in [-0.25, -0.2) is 0 Å². The van der Waals surface area contributed by atoms with Gasteiger partial charge < -0.3 is 0 Å². The Kier molecular flexibility index (Phi) is 3.88. The van der Waals surface area contributed by atoms with Gasteiger partial charge in [-0.05, 0) is 47.9 Å². The molecule has 2 rings (SSSR count). The molecule has 0 bridgehead atoms. The minimum absolute atomic E-state index is 0.0254. The van der Waals surface area contributed by atoms with Crippen molar-refractivity contribution in [2.75, 3.05) is 12.9 Å². The van der Waals surface area contributed by atoms with Crippen molar-refractivity contribution in [1.82, 2.24) is 0 Å². The van der Waals surface area contributed by atoms with Crippen molar-refractivity contribution in [2.24, 2.45) is 0 Å². The van der Waals surface area contributed by atoms with Crippen LogP contribution in [0.5, 0.6) is 0 Å². The third-order valence-electron chi connectivity index (χ3n) is 3.20. The highest BCUT2D eigenvalue weighted by Crippen LogP contribution is 2.24. The van der Waals surface area contributed by atoms with Gasteiger partial charge in [-0.15, -0.1) is 0 Å². The van der Waals surface area contributed by atoms with Gasteiger partial charge in [0.05, 0.1) is 12.9 Å². The second kappa shape index (κ2) is 5.24. The molecule has 0 unspecified atom stereocenters. The zero-order valence-electron chi connectivity index (χ0n) is 10.6. The first-order chi connectivity index (χ1) is 8.46. The molecule has 0 radical (unpaired) electrons. The first-order valence-electron chi connectivity index (χ1n) is 6.10. The van der Waals surface area contributed by atoms with Gasteiger partial charge in [0.1, 0.15) is 0 Å². The lowest BCUT2D eigenvalue weighted by molar-refractivity contribution is 0.367. The molecule has 1 aliphatic rings. The van der Waals surface area contributed by atoms with E-state index in [-0.39, 0.29) is 6.61 Å². The third kappa shape index (κ3) is 3.43. The molecule has 1 aromatic carbocycles. The molecule has 0 saturated heterocycles. The molecule has 98 valence electrons. The molecule has 1 aliphatic carbocycles. The van der Waals surface area contributed by atoms with Crippen LogP contribution >= 0.6 is 0 Å². The summed E-state index contributed by atoms with van der Waals surface area (Å²) in [5.74, 6) is 0. The highest BCUT2D eigenvalue weighted by atomic mass is 32.2. The second-order valence-electron chi connectivity index (χ2n) is 4.76. The topological polar surface area (TPSA) is 43.4 Å². The number of benzene rings is 1. The Morgan fingerprint density at radius 3 is 2.61 bits per heavy atom. The molecule has 0 atom stereocenters. The minimum Gasteiger partial charge on any atom is -0.265 e. The Bertz CT molecular complexity index is 558. The van der Waals surface area contributed by atoms with E-state index in [1.807, 2.05) is 6.07 Å². The lowest BCUT2D eigenvalue weighted by Gasteiger charge is -2.17. The predicted octanol–water partition coefficient (Wildman–Crippen LogP) is 2.55. The fraction of sp³-hybridized carbons (Fsp3) is 0.429. The summed E-state index contributed by atoms with van der Waals surface area (Å²) >= 11 is 0. The van der Waals surface area contributed by atoms with E-state index in [9.17, 15) is 8.42 Å². The smallest absolute Gasteiger partial charge is 0.264 e. The Hall–Kier alpha value is -1.13. The minimum atomic E-state index is -3.41. The van der Waals surface area contributed by atoms with Crippen LogP contribution in [0.4, 0.5) is 0 Å². The quantitative estimate of drug-likeness (QED) is 0.787. The average molecular weight is 266 g/mol. The van der Waals surface area contributed by atoms with Gasteiger partial charge in [0.2, 0.25) is 0 Å². The lowest BCUT2D eigenvalue weighted by atomic mass is 9.89. The van der Waals surface area contributed by atoms with Crippen molar-refractivity contribution in [3.63, 3.8) is 0 Å². The lowest BCUT2D eigenvalue weighted by Crippen LogP contribution is -2.07. The predicted molar refractivity (Wildman–Crippen MR) is 72.9 cm³/mol. The maximum Gasteiger partial charge on any atom is 0.264 e. The fourth-order valence-electron chi connectivity index (χ4n) is 2.21. The molecule has 1 aromatic rings. The molecule has 0 saturated carbocycles. The maximum atomic E-state index is 10.9. The van der Waals surface area contributed by atoms with E-state index in [2.05, 4.69) is 18.7 Å². The summed E-state index contributed by atoms with van der Waals surface area (Å²) < 4.78 is 26.6. The monoisotopic (exact) mass is 266 g/mol. The van der Waals surface area contributed by atoms with E-state index in [1.165, 1.54) is 24.0 Å². The van der Waals surface area contributed by atoms with Crippen molar-refractivity contribution in [3.8, 4) is 0 Å². The van der Waals surface area contributed by atoms with Gasteiger partial charge >= 0.3 is 0 Å². The van der Waals surface area contributed by atoms with Gasteiger partial charge in [0, 0.05) is 0 Å². The first kappa shape index (κ1) is 13.3. The molecule has 4 heteroatoms. The van der Waals surface area contributed by atoms with E-state index >= 15 is 0 Å². The normalized spacial score (nSPS) is 15.2. The molecule has 0 N–H and O–H groups in total. The van der Waals surface area contributed by atoms with Crippen LogP contribution in [0.3, 0.4) is 0 Å². The second-order valence-corrected chi connectivity index (χ2v) is 6.40. The molecule has 0 aliphatic heterocycles. The Balaban J connectivity index is 2.11. The molecule has 0 fully saturated rings. The largest absolute Gasteiger partial charge is 0.265 e. The fourth-order valence-corrected chi connectivity index (χ4v) is 2.57. The number of hydrogen-bond donors (Lipinski definition) is 0. The summed E-state index contributed by atoms with van der Waals surface area (Å²) in [5, 5.41) is 0. The Morgan fingerprint density at radius 1 is 1.28 bits per heavy atom.